The highest BCUT2D eigenvalue weighted by molar-refractivity contribution is 7.25. The van der Waals surface area contributed by atoms with E-state index in [0.29, 0.717) is 5.82 Å². The van der Waals surface area contributed by atoms with E-state index in [4.69, 9.17) is 9.97 Å². The molecule has 0 saturated carbocycles. The molecule has 0 radical (unpaired) electrons. The molecular formula is C51H33N3S. The lowest BCUT2D eigenvalue weighted by molar-refractivity contribution is 1.18. The van der Waals surface area contributed by atoms with Gasteiger partial charge in [0.05, 0.1) is 11.4 Å². The predicted octanol–water partition coefficient (Wildman–Crippen LogP) is 13.9. The molecule has 10 rings (SSSR count). The molecule has 0 aliphatic carbocycles. The maximum absolute atomic E-state index is 5.28. The number of fused-ring (bicyclic) bond motifs is 3. The van der Waals surface area contributed by atoms with Crippen LogP contribution in [0.25, 0.3) is 98.6 Å². The Hall–Kier alpha value is -7.01. The smallest absolute Gasteiger partial charge is 0.160 e. The second-order valence-electron chi connectivity index (χ2n) is 13.7. The third-order valence-corrected chi connectivity index (χ3v) is 11.4. The largest absolute Gasteiger partial charge is 0.265 e. The summed E-state index contributed by atoms with van der Waals surface area (Å²) < 4.78 is 2.59. The average Bonchev–Trinajstić information content (AvgIpc) is 3.65. The van der Waals surface area contributed by atoms with E-state index >= 15 is 0 Å². The molecule has 0 spiro atoms. The Balaban J connectivity index is 1.18. The first-order valence-corrected chi connectivity index (χ1v) is 19.2. The molecule has 258 valence electrons. The monoisotopic (exact) mass is 719 g/mol. The maximum atomic E-state index is 5.28. The topological polar surface area (TPSA) is 38.7 Å². The van der Waals surface area contributed by atoms with Crippen LogP contribution < -0.4 is 0 Å². The van der Waals surface area contributed by atoms with Gasteiger partial charge in [-0.3, -0.25) is 4.98 Å². The first-order chi connectivity index (χ1) is 27.2. The van der Waals surface area contributed by atoms with Crippen molar-refractivity contribution in [3.63, 3.8) is 0 Å². The summed E-state index contributed by atoms with van der Waals surface area (Å²) in [6.07, 6.45) is 3.65. The van der Waals surface area contributed by atoms with Gasteiger partial charge in [-0.1, -0.05) is 133 Å². The number of aromatic nitrogens is 3. The molecule has 3 heterocycles. The van der Waals surface area contributed by atoms with Gasteiger partial charge in [-0.2, -0.15) is 0 Å². The van der Waals surface area contributed by atoms with E-state index in [1.54, 1.807) is 0 Å². The fourth-order valence-electron chi connectivity index (χ4n) is 7.44. The van der Waals surface area contributed by atoms with Crippen LogP contribution in [0, 0.1) is 0 Å². The van der Waals surface area contributed by atoms with E-state index in [1.165, 1.54) is 42.4 Å². The molecule has 55 heavy (non-hydrogen) atoms. The zero-order valence-corrected chi connectivity index (χ0v) is 30.6. The van der Waals surface area contributed by atoms with Crippen molar-refractivity contribution in [2.75, 3.05) is 0 Å². The van der Waals surface area contributed by atoms with Gasteiger partial charge in [-0.25, -0.2) is 9.97 Å². The number of rotatable bonds is 7. The highest BCUT2D eigenvalue weighted by Gasteiger charge is 2.16. The Morgan fingerprint density at radius 3 is 1.62 bits per heavy atom. The number of thiophene rings is 1. The Morgan fingerprint density at radius 2 is 0.855 bits per heavy atom. The molecule has 0 bridgehead atoms. The Labute approximate surface area is 323 Å². The van der Waals surface area contributed by atoms with E-state index in [1.807, 2.05) is 54.1 Å². The number of hydrogen-bond acceptors (Lipinski definition) is 4. The van der Waals surface area contributed by atoms with E-state index in [0.717, 1.165) is 50.3 Å². The van der Waals surface area contributed by atoms with Crippen LogP contribution in [0.15, 0.2) is 200 Å². The summed E-state index contributed by atoms with van der Waals surface area (Å²) in [5.41, 5.74) is 14.0. The van der Waals surface area contributed by atoms with Gasteiger partial charge in [0.15, 0.2) is 5.82 Å². The van der Waals surface area contributed by atoms with Gasteiger partial charge in [0, 0.05) is 49.3 Å². The molecule has 0 aliphatic heterocycles. The van der Waals surface area contributed by atoms with Gasteiger partial charge < -0.3 is 0 Å². The fourth-order valence-corrected chi connectivity index (χ4v) is 8.53. The molecule has 0 amide bonds. The molecule has 0 atom stereocenters. The number of pyridine rings is 1. The van der Waals surface area contributed by atoms with Crippen molar-refractivity contribution in [1.29, 1.82) is 0 Å². The molecule has 0 unspecified atom stereocenters. The molecule has 7 aromatic carbocycles. The van der Waals surface area contributed by atoms with E-state index in [2.05, 4.69) is 163 Å². The third-order valence-electron chi connectivity index (χ3n) is 10.2. The van der Waals surface area contributed by atoms with Crippen molar-refractivity contribution >= 4 is 31.5 Å². The quantitative estimate of drug-likeness (QED) is 0.165. The molecular weight excluding hydrogens is 687 g/mol. The van der Waals surface area contributed by atoms with E-state index in [9.17, 15) is 0 Å². The van der Waals surface area contributed by atoms with E-state index in [-0.39, 0.29) is 0 Å². The van der Waals surface area contributed by atoms with Crippen molar-refractivity contribution in [3.8, 4) is 78.4 Å². The summed E-state index contributed by atoms with van der Waals surface area (Å²) >= 11 is 1.84. The minimum absolute atomic E-state index is 0.689. The summed E-state index contributed by atoms with van der Waals surface area (Å²) in [7, 11) is 0. The number of hydrogen-bond donors (Lipinski definition) is 0. The minimum Gasteiger partial charge on any atom is -0.265 e. The van der Waals surface area contributed by atoms with Gasteiger partial charge in [-0.05, 0) is 99.1 Å². The molecule has 0 saturated heterocycles. The maximum Gasteiger partial charge on any atom is 0.160 e. The van der Waals surface area contributed by atoms with Gasteiger partial charge in [0.25, 0.3) is 0 Å². The molecule has 0 fully saturated rings. The zero-order chi connectivity index (χ0) is 36.6. The summed E-state index contributed by atoms with van der Waals surface area (Å²) in [4.78, 5) is 14.6. The minimum atomic E-state index is 0.689. The second kappa shape index (κ2) is 14.1. The van der Waals surface area contributed by atoms with Gasteiger partial charge >= 0.3 is 0 Å². The SMILES string of the molecule is c1ccc(-c2nc(-c3ccc(-c4ccncc4)cc3)cc(-c3cc(-c4ccc5sc6ccccc6c5c4)cc(-c4ccccc4-c4ccccc4)c3)n2)cc1. The molecule has 0 N–H and O–H groups in total. The number of nitrogens with zero attached hydrogens (tertiary/aromatic N) is 3. The van der Waals surface area contributed by atoms with Crippen LogP contribution in [0.4, 0.5) is 0 Å². The lowest BCUT2D eigenvalue weighted by atomic mass is 9.90. The summed E-state index contributed by atoms with van der Waals surface area (Å²) in [5, 5.41) is 2.57. The lowest BCUT2D eigenvalue weighted by Gasteiger charge is -2.15. The predicted molar refractivity (Wildman–Crippen MR) is 231 cm³/mol. The van der Waals surface area contributed by atoms with Crippen LogP contribution in [-0.4, -0.2) is 15.0 Å². The fraction of sp³-hybridized carbons (Fsp3) is 0. The van der Waals surface area contributed by atoms with Crippen LogP contribution in [-0.2, 0) is 0 Å². The molecule has 0 aliphatic rings. The Kier molecular flexibility index (Phi) is 8.36. The van der Waals surface area contributed by atoms with Gasteiger partial charge in [-0.15, -0.1) is 11.3 Å². The molecule has 3 aromatic heterocycles. The summed E-state index contributed by atoms with van der Waals surface area (Å²) in [6.45, 7) is 0. The summed E-state index contributed by atoms with van der Waals surface area (Å²) in [5.74, 6) is 0.689. The Morgan fingerprint density at radius 1 is 0.309 bits per heavy atom. The van der Waals surface area contributed by atoms with Crippen molar-refractivity contribution in [3.05, 3.63) is 200 Å². The summed E-state index contributed by atoms with van der Waals surface area (Å²) in [6, 6.07) is 66.9. The molecule has 4 heteroatoms. The highest BCUT2D eigenvalue weighted by Crippen LogP contribution is 2.41. The second-order valence-corrected chi connectivity index (χ2v) is 14.7. The third kappa shape index (κ3) is 6.39. The Bertz CT molecular complexity index is 2950. The lowest BCUT2D eigenvalue weighted by Crippen LogP contribution is -1.97. The highest BCUT2D eigenvalue weighted by atomic mass is 32.1. The van der Waals surface area contributed by atoms with Crippen LogP contribution in [0.3, 0.4) is 0 Å². The number of benzene rings is 7. The zero-order valence-electron chi connectivity index (χ0n) is 29.8. The van der Waals surface area contributed by atoms with Crippen molar-refractivity contribution in [2.45, 2.75) is 0 Å². The van der Waals surface area contributed by atoms with Crippen molar-refractivity contribution in [1.82, 2.24) is 15.0 Å². The van der Waals surface area contributed by atoms with Crippen LogP contribution in [0.5, 0.6) is 0 Å². The first kappa shape index (κ1) is 32.6. The van der Waals surface area contributed by atoms with Crippen LogP contribution in [0.2, 0.25) is 0 Å². The molecule has 10 aromatic rings. The van der Waals surface area contributed by atoms with Gasteiger partial charge in [0.1, 0.15) is 0 Å². The van der Waals surface area contributed by atoms with Crippen molar-refractivity contribution < 1.29 is 0 Å². The van der Waals surface area contributed by atoms with Gasteiger partial charge in [0.2, 0.25) is 0 Å². The van der Waals surface area contributed by atoms with E-state index < -0.39 is 0 Å². The van der Waals surface area contributed by atoms with Crippen LogP contribution in [0.1, 0.15) is 0 Å². The average molecular weight is 720 g/mol. The standard InChI is InChI=1S/C51H33N3S/c1-3-11-36(12-4-1)43-15-7-8-16-44(43)41-29-40(39-23-24-50-46(32-39)45-17-9-10-18-49(45)55-50)30-42(31-41)48-33-47(53-51(54-48)38-13-5-2-6-14-38)37-21-19-34(20-22-37)35-25-27-52-28-26-35/h1-33H. The molecule has 3 nitrogen and oxygen atoms in total. The van der Waals surface area contributed by atoms with Crippen molar-refractivity contribution in [2.24, 2.45) is 0 Å². The van der Waals surface area contributed by atoms with Crippen LogP contribution >= 0.6 is 11.3 Å². The first-order valence-electron chi connectivity index (χ1n) is 18.4. The normalized spacial score (nSPS) is 11.3.